The number of aromatic nitrogens is 3. The van der Waals surface area contributed by atoms with Crippen molar-refractivity contribution in [2.45, 2.75) is 32.0 Å². The van der Waals surface area contributed by atoms with Gasteiger partial charge in [-0.3, -0.25) is 9.59 Å². The molecule has 1 aliphatic carbocycles. The van der Waals surface area contributed by atoms with Gasteiger partial charge >= 0.3 is 12.1 Å². The van der Waals surface area contributed by atoms with Gasteiger partial charge in [-0.15, -0.1) is 0 Å². The molecule has 5 rings (SSSR count). The van der Waals surface area contributed by atoms with Crippen LogP contribution in [0.4, 0.5) is 18.9 Å². The Bertz CT molecular complexity index is 1500. The zero-order valence-electron chi connectivity index (χ0n) is 21.2. The van der Waals surface area contributed by atoms with E-state index in [9.17, 15) is 22.8 Å². The van der Waals surface area contributed by atoms with Crippen molar-refractivity contribution in [3.05, 3.63) is 90.3 Å². The summed E-state index contributed by atoms with van der Waals surface area (Å²) in [7, 11) is 0. The van der Waals surface area contributed by atoms with Gasteiger partial charge in [0.1, 0.15) is 0 Å². The summed E-state index contributed by atoms with van der Waals surface area (Å²) in [6.45, 7) is 1.31. The number of nitrogens with one attached hydrogen (secondary N) is 2. The van der Waals surface area contributed by atoms with E-state index in [1.807, 2.05) is 47.2 Å². The highest BCUT2D eigenvalue weighted by Gasteiger charge is 2.38. The second-order valence-electron chi connectivity index (χ2n) is 9.22. The van der Waals surface area contributed by atoms with E-state index in [-0.39, 0.29) is 17.5 Å². The molecule has 0 unspecified atom stereocenters. The van der Waals surface area contributed by atoms with Gasteiger partial charge in [0, 0.05) is 37.2 Å². The van der Waals surface area contributed by atoms with Gasteiger partial charge in [-0.1, -0.05) is 36.8 Å². The number of carbonyl (C=O) groups excluding carboxylic acids is 2. The highest BCUT2D eigenvalue weighted by molar-refractivity contribution is 6.15. The van der Waals surface area contributed by atoms with Crippen LogP contribution in [0.1, 0.15) is 45.7 Å². The third-order valence-corrected chi connectivity index (χ3v) is 6.46. The van der Waals surface area contributed by atoms with Crippen LogP contribution in [0.25, 0.3) is 10.8 Å². The molecule has 2 aromatic heterocycles. The molecule has 4 aromatic rings. The first-order valence-electron chi connectivity index (χ1n) is 12.4. The molecule has 3 N–H and O–H groups in total. The van der Waals surface area contributed by atoms with Gasteiger partial charge in [0.15, 0.2) is 5.69 Å². The topological polar surface area (TPSA) is 126 Å². The summed E-state index contributed by atoms with van der Waals surface area (Å²) >= 11 is 0. The van der Waals surface area contributed by atoms with Crippen molar-refractivity contribution in [1.29, 1.82) is 0 Å². The minimum Gasteiger partial charge on any atom is -0.475 e. The normalized spacial score (nSPS) is 13.1. The van der Waals surface area contributed by atoms with E-state index >= 15 is 0 Å². The molecule has 9 nitrogen and oxygen atoms in total. The Balaban J connectivity index is 0.000000470. The van der Waals surface area contributed by atoms with E-state index in [0.717, 1.165) is 29.2 Å². The first kappa shape index (κ1) is 28.3. The number of carboxylic acids is 1. The lowest BCUT2D eigenvalue weighted by Gasteiger charge is -2.25. The van der Waals surface area contributed by atoms with Crippen molar-refractivity contribution in [2.24, 2.45) is 5.92 Å². The minimum absolute atomic E-state index is 0.228. The van der Waals surface area contributed by atoms with Crippen LogP contribution in [0.3, 0.4) is 0 Å². The second-order valence-corrected chi connectivity index (χ2v) is 9.22. The molecule has 208 valence electrons. The average Bonchev–Trinajstić information content (AvgIpc) is 3.41. The SMILES string of the molecule is O=C(NCC1CCC1)c1ncccc1NC(=O)c1ccc(Cn2ccnc2)c2ccccc12.O=C(O)C(F)(F)F. The lowest BCUT2D eigenvalue weighted by molar-refractivity contribution is -0.192. The van der Waals surface area contributed by atoms with Crippen LogP contribution < -0.4 is 10.6 Å². The number of anilines is 1. The van der Waals surface area contributed by atoms with Gasteiger partial charge in [-0.2, -0.15) is 13.2 Å². The highest BCUT2D eigenvalue weighted by atomic mass is 19.4. The first-order chi connectivity index (χ1) is 19.1. The third-order valence-electron chi connectivity index (χ3n) is 6.46. The maximum Gasteiger partial charge on any atom is 0.490 e. The van der Waals surface area contributed by atoms with E-state index in [0.29, 0.717) is 30.3 Å². The van der Waals surface area contributed by atoms with Crippen molar-refractivity contribution in [3.63, 3.8) is 0 Å². The summed E-state index contributed by atoms with van der Waals surface area (Å²) in [5.74, 6) is -2.75. The van der Waals surface area contributed by atoms with Gasteiger partial charge in [-0.05, 0) is 53.3 Å². The molecule has 1 aliphatic rings. The number of hydrogen-bond acceptors (Lipinski definition) is 5. The summed E-state index contributed by atoms with van der Waals surface area (Å²) in [4.78, 5) is 43.2. The summed E-state index contributed by atoms with van der Waals surface area (Å²) in [6.07, 6.45) is 5.43. The molecule has 2 amide bonds. The smallest absolute Gasteiger partial charge is 0.475 e. The molecule has 0 aliphatic heterocycles. The van der Waals surface area contributed by atoms with E-state index in [2.05, 4.69) is 20.6 Å². The second kappa shape index (κ2) is 12.4. The average molecular weight is 554 g/mol. The molecule has 0 atom stereocenters. The number of nitrogens with zero attached hydrogens (tertiary/aromatic N) is 3. The number of aliphatic carboxylic acids is 1. The Morgan fingerprint density at radius 3 is 2.33 bits per heavy atom. The van der Waals surface area contributed by atoms with Gasteiger partial charge in [-0.25, -0.2) is 14.8 Å². The fourth-order valence-electron chi connectivity index (χ4n) is 4.17. The lowest BCUT2D eigenvalue weighted by Crippen LogP contribution is -2.33. The number of carboxylic acid groups (broad SMARTS) is 1. The highest BCUT2D eigenvalue weighted by Crippen LogP contribution is 2.26. The van der Waals surface area contributed by atoms with Crippen LogP contribution in [-0.2, 0) is 11.3 Å². The molecule has 0 saturated heterocycles. The molecule has 0 spiro atoms. The van der Waals surface area contributed by atoms with Gasteiger partial charge in [0.05, 0.1) is 12.0 Å². The predicted octanol–water partition coefficient (Wildman–Crippen LogP) is 4.90. The maximum absolute atomic E-state index is 13.3. The van der Waals surface area contributed by atoms with Crippen molar-refractivity contribution in [1.82, 2.24) is 19.9 Å². The number of pyridine rings is 1. The molecule has 2 aromatic carbocycles. The summed E-state index contributed by atoms with van der Waals surface area (Å²) in [6, 6.07) is 15.1. The van der Waals surface area contributed by atoms with E-state index in [1.165, 1.54) is 6.42 Å². The van der Waals surface area contributed by atoms with Crippen molar-refractivity contribution >= 4 is 34.2 Å². The Morgan fingerprint density at radius 2 is 1.70 bits per heavy atom. The van der Waals surface area contributed by atoms with E-state index in [4.69, 9.17) is 9.90 Å². The van der Waals surface area contributed by atoms with Crippen LogP contribution >= 0.6 is 0 Å². The van der Waals surface area contributed by atoms with E-state index < -0.39 is 12.1 Å². The van der Waals surface area contributed by atoms with Crippen LogP contribution in [-0.4, -0.2) is 50.1 Å². The fraction of sp³-hybridized carbons (Fsp3) is 0.250. The standard InChI is InChI=1S/C26H25N5O2.C2HF3O2/c32-25(30-23-9-4-12-28-24(23)26(33)29-15-18-5-3-6-18)22-11-10-19(16-31-14-13-27-17-31)20-7-1-2-8-21(20)22;3-2(4,5)1(6)7/h1-2,4,7-14,17-18H,3,5-6,15-16H2,(H,29,33)(H,30,32);(H,6,7). The number of rotatable bonds is 7. The predicted molar refractivity (Wildman–Crippen MR) is 141 cm³/mol. The zero-order valence-corrected chi connectivity index (χ0v) is 21.2. The quantitative estimate of drug-likeness (QED) is 0.299. The zero-order chi connectivity index (χ0) is 28.7. The number of amides is 2. The van der Waals surface area contributed by atoms with Gasteiger partial charge in [0.2, 0.25) is 0 Å². The molecule has 12 heteroatoms. The number of halogens is 3. The molecule has 0 bridgehead atoms. The van der Waals surface area contributed by atoms with Crippen LogP contribution in [0, 0.1) is 5.92 Å². The number of imidazole rings is 1. The molecule has 2 heterocycles. The van der Waals surface area contributed by atoms with Gasteiger partial charge < -0.3 is 20.3 Å². The molecule has 1 fully saturated rings. The Morgan fingerprint density at radius 1 is 0.975 bits per heavy atom. The van der Waals surface area contributed by atoms with Crippen LogP contribution in [0.2, 0.25) is 0 Å². The molecule has 1 saturated carbocycles. The fourth-order valence-corrected chi connectivity index (χ4v) is 4.17. The maximum atomic E-state index is 13.3. The largest absolute Gasteiger partial charge is 0.490 e. The lowest BCUT2D eigenvalue weighted by atomic mass is 9.85. The number of carbonyl (C=O) groups is 3. The first-order valence-corrected chi connectivity index (χ1v) is 12.4. The summed E-state index contributed by atoms with van der Waals surface area (Å²) < 4.78 is 33.7. The van der Waals surface area contributed by atoms with Crippen molar-refractivity contribution in [3.8, 4) is 0 Å². The molecular formula is C28H26F3N5O4. The molecule has 0 radical (unpaired) electrons. The molecule has 40 heavy (non-hydrogen) atoms. The summed E-state index contributed by atoms with van der Waals surface area (Å²) in [5, 5.41) is 14.8. The minimum atomic E-state index is -5.08. The number of benzene rings is 2. The molecular weight excluding hydrogens is 527 g/mol. The van der Waals surface area contributed by atoms with Gasteiger partial charge in [0.25, 0.3) is 11.8 Å². The monoisotopic (exact) mass is 553 g/mol. The number of fused-ring (bicyclic) bond motifs is 1. The Kier molecular flexibility index (Phi) is 8.77. The van der Waals surface area contributed by atoms with Crippen molar-refractivity contribution in [2.75, 3.05) is 11.9 Å². The van der Waals surface area contributed by atoms with Crippen LogP contribution in [0.15, 0.2) is 73.4 Å². The van der Waals surface area contributed by atoms with Crippen LogP contribution in [0.5, 0.6) is 0 Å². The van der Waals surface area contributed by atoms with E-state index in [1.54, 1.807) is 30.9 Å². The summed E-state index contributed by atoms with van der Waals surface area (Å²) in [5.41, 5.74) is 2.27. The Hall–Kier alpha value is -4.74. The Labute approximate surface area is 227 Å². The number of hydrogen-bond donors (Lipinski definition) is 3. The number of alkyl halides is 3. The third kappa shape index (κ3) is 7.01. The van der Waals surface area contributed by atoms with Crippen molar-refractivity contribution < 1.29 is 32.7 Å².